The number of imidazole rings is 1. The second-order valence-electron chi connectivity index (χ2n) is 5.37. The zero-order chi connectivity index (χ0) is 15.8. The summed E-state index contributed by atoms with van der Waals surface area (Å²) in [5.41, 5.74) is 6.84. The van der Waals surface area contributed by atoms with Gasteiger partial charge < -0.3 is 10.3 Å². The molecule has 0 aliphatic carbocycles. The first-order chi connectivity index (χ1) is 9.79. The van der Waals surface area contributed by atoms with Crippen LogP contribution in [0.5, 0.6) is 0 Å². The second-order valence-corrected chi connectivity index (χ2v) is 5.37. The van der Waals surface area contributed by atoms with Crippen molar-refractivity contribution >= 4 is 16.7 Å². The van der Waals surface area contributed by atoms with Crippen LogP contribution in [0, 0.1) is 5.92 Å². The number of hydrogen-bond acceptors (Lipinski definition) is 2. The van der Waals surface area contributed by atoms with E-state index < -0.39 is 12.0 Å². The van der Waals surface area contributed by atoms with Gasteiger partial charge in [-0.25, -0.2) is 4.98 Å². The Morgan fingerprint density at radius 3 is 2.38 bits per heavy atom. The lowest BCUT2D eigenvalue weighted by Crippen LogP contribution is -2.22. The van der Waals surface area contributed by atoms with E-state index in [9.17, 15) is 13.2 Å². The molecule has 0 aliphatic rings. The molecule has 1 atom stereocenters. The van der Waals surface area contributed by atoms with Crippen molar-refractivity contribution < 1.29 is 13.2 Å². The number of fused-ring (bicyclic) bond motifs is 1. The summed E-state index contributed by atoms with van der Waals surface area (Å²) >= 11 is 0. The third kappa shape index (κ3) is 2.84. The van der Waals surface area contributed by atoms with Crippen LogP contribution in [0.4, 0.5) is 18.9 Å². The molecule has 1 unspecified atom stereocenters. The number of rotatable bonds is 4. The van der Waals surface area contributed by atoms with Gasteiger partial charge in [0.15, 0.2) is 0 Å². The number of nitrogens with zero attached hydrogens (tertiary/aromatic N) is 2. The van der Waals surface area contributed by atoms with Crippen molar-refractivity contribution in [1.82, 2.24) is 9.55 Å². The molecule has 0 aliphatic heterocycles. The summed E-state index contributed by atoms with van der Waals surface area (Å²) in [5, 5.41) is 0. The lowest BCUT2D eigenvalue weighted by Gasteiger charge is -2.25. The first kappa shape index (κ1) is 15.7. The average molecular weight is 299 g/mol. The molecule has 21 heavy (non-hydrogen) atoms. The maximum absolute atomic E-state index is 13.3. The van der Waals surface area contributed by atoms with Crippen LogP contribution in [-0.4, -0.2) is 9.55 Å². The largest absolute Gasteiger partial charge is 0.449 e. The number of alkyl halides is 3. The highest BCUT2D eigenvalue weighted by atomic mass is 19.4. The molecule has 2 aromatic rings. The van der Waals surface area contributed by atoms with E-state index in [1.807, 2.05) is 20.8 Å². The smallest absolute Gasteiger partial charge is 0.399 e. The van der Waals surface area contributed by atoms with E-state index in [2.05, 4.69) is 4.98 Å². The fraction of sp³-hybridized carbons (Fsp3) is 0.533. The van der Waals surface area contributed by atoms with E-state index in [0.717, 1.165) is 12.8 Å². The van der Waals surface area contributed by atoms with Crippen LogP contribution in [0.25, 0.3) is 11.0 Å². The molecule has 0 saturated heterocycles. The van der Waals surface area contributed by atoms with Crippen molar-refractivity contribution in [1.29, 1.82) is 0 Å². The van der Waals surface area contributed by atoms with Crippen molar-refractivity contribution in [3.63, 3.8) is 0 Å². The Bertz CT molecular complexity index is 627. The minimum Gasteiger partial charge on any atom is -0.399 e. The Kier molecular flexibility index (Phi) is 4.16. The Labute approximate surface area is 122 Å². The summed E-state index contributed by atoms with van der Waals surface area (Å²) in [4.78, 5) is 3.77. The van der Waals surface area contributed by atoms with Crippen LogP contribution in [0.15, 0.2) is 18.2 Å². The minimum atomic E-state index is -4.48. The minimum absolute atomic E-state index is 0.168. The number of nitrogens with two attached hydrogens (primary N) is 1. The van der Waals surface area contributed by atoms with E-state index >= 15 is 0 Å². The number of halogens is 3. The Morgan fingerprint density at radius 2 is 1.86 bits per heavy atom. The Hall–Kier alpha value is -1.72. The van der Waals surface area contributed by atoms with Gasteiger partial charge in [0, 0.05) is 11.7 Å². The van der Waals surface area contributed by atoms with Crippen LogP contribution in [0.1, 0.15) is 45.5 Å². The quantitative estimate of drug-likeness (QED) is 0.836. The monoisotopic (exact) mass is 299 g/mol. The highest BCUT2D eigenvalue weighted by Crippen LogP contribution is 2.37. The first-order valence-corrected chi connectivity index (χ1v) is 7.14. The second kappa shape index (κ2) is 5.58. The summed E-state index contributed by atoms with van der Waals surface area (Å²) in [6, 6.07) is 4.44. The standard InChI is InChI=1S/C15H20F3N3/c1-4-10(5-2)9(3)21-13-7-6-11(19)8-12(13)20-14(21)15(16,17)18/h6-10H,4-5,19H2,1-3H3. The van der Waals surface area contributed by atoms with Crippen molar-refractivity contribution in [2.75, 3.05) is 5.73 Å². The van der Waals surface area contributed by atoms with Gasteiger partial charge in [-0.1, -0.05) is 26.7 Å². The molecular formula is C15H20F3N3. The summed E-state index contributed by atoms with van der Waals surface area (Å²) in [5.74, 6) is -0.677. The molecule has 2 rings (SSSR count). The Balaban J connectivity index is 2.69. The number of anilines is 1. The molecule has 6 heteroatoms. The van der Waals surface area contributed by atoms with Crippen LogP contribution >= 0.6 is 0 Å². The topological polar surface area (TPSA) is 43.8 Å². The number of hydrogen-bond donors (Lipinski definition) is 1. The first-order valence-electron chi connectivity index (χ1n) is 7.14. The van der Waals surface area contributed by atoms with E-state index in [4.69, 9.17) is 5.73 Å². The van der Waals surface area contributed by atoms with Crippen molar-refractivity contribution in [3.05, 3.63) is 24.0 Å². The molecule has 0 saturated carbocycles. The van der Waals surface area contributed by atoms with E-state index in [-0.39, 0.29) is 12.0 Å². The highest BCUT2D eigenvalue weighted by molar-refractivity contribution is 5.80. The summed E-state index contributed by atoms with van der Waals surface area (Å²) < 4.78 is 41.2. The molecular weight excluding hydrogens is 279 g/mol. The number of nitrogen functional groups attached to an aromatic ring is 1. The van der Waals surface area contributed by atoms with Crippen LogP contribution < -0.4 is 5.73 Å². The normalized spacial score (nSPS) is 14.0. The third-order valence-corrected chi connectivity index (χ3v) is 4.11. The molecule has 0 fully saturated rings. The number of aromatic nitrogens is 2. The molecule has 3 nitrogen and oxygen atoms in total. The lowest BCUT2D eigenvalue weighted by atomic mass is 9.95. The van der Waals surface area contributed by atoms with Crippen molar-refractivity contribution in [3.8, 4) is 0 Å². The molecule has 1 aromatic carbocycles. The maximum atomic E-state index is 13.3. The van der Waals surface area contributed by atoms with Gasteiger partial charge >= 0.3 is 6.18 Å². The van der Waals surface area contributed by atoms with Crippen LogP contribution in [0.2, 0.25) is 0 Å². The molecule has 0 bridgehead atoms. The molecule has 1 heterocycles. The average Bonchev–Trinajstić information content (AvgIpc) is 2.78. The van der Waals surface area contributed by atoms with Gasteiger partial charge in [0.1, 0.15) is 0 Å². The van der Waals surface area contributed by atoms with Gasteiger partial charge in [0.2, 0.25) is 5.82 Å². The predicted molar refractivity (Wildman–Crippen MR) is 77.9 cm³/mol. The lowest BCUT2D eigenvalue weighted by molar-refractivity contribution is -0.147. The zero-order valence-corrected chi connectivity index (χ0v) is 12.4. The van der Waals surface area contributed by atoms with E-state index in [1.54, 1.807) is 12.1 Å². The van der Waals surface area contributed by atoms with Gasteiger partial charge in [-0.15, -0.1) is 0 Å². The molecule has 116 valence electrons. The van der Waals surface area contributed by atoms with Gasteiger partial charge in [0.05, 0.1) is 11.0 Å². The summed E-state index contributed by atoms with van der Waals surface area (Å²) in [6.07, 6.45) is -2.83. The number of benzene rings is 1. The summed E-state index contributed by atoms with van der Waals surface area (Å²) in [7, 11) is 0. The SMILES string of the molecule is CCC(CC)C(C)n1c(C(F)(F)F)nc2cc(N)ccc21. The van der Waals surface area contributed by atoms with Crippen molar-refractivity contribution in [2.45, 2.75) is 45.8 Å². The fourth-order valence-corrected chi connectivity index (χ4v) is 2.91. The van der Waals surface area contributed by atoms with Crippen molar-refractivity contribution in [2.24, 2.45) is 5.92 Å². The summed E-state index contributed by atoms with van der Waals surface area (Å²) in [6.45, 7) is 5.81. The predicted octanol–water partition coefficient (Wildman–Crippen LogP) is 4.63. The van der Waals surface area contributed by atoms with Crippen LogP contribution in [-0.2, 0) is 6.18 Å². The van der Waals surface area contributed by atoms with Gasteiger partial charge in [-0.05, 0) is 31.0 Å². The van der Waals surface area contributed by atoms with E-state index in [1.165, 1.54) is 10.6 Å². The van der Waals surface area contributed by atoms with Crippen LogP contribution in [0.3, 0.4) is 0 Å². The van der Waals surface area contributed by atoms with Gasteiger partial charge in [-0.2, -0.15) is 13.2 Å². The molecule has 0 amide bonds. The molecule has 2 N–H and O–H groups in total. The molecule has 0 radical (unpaired) electrons. The third-order valence-electron chi connectivity index (χ3n) is 4.11. The Morgan fingerprint density at radius 1 is 1.24 bits per heavy atom. The zero-order valence-electron chi connectivity index (χ0n) is 12.4. The molecule has 0 spiro atoms. The van der Waals surface area contributed by atoms with Gasteiger partial charge in [0.25, 0.3) is 0 Å². The fourth-order valence-electron chi connectivity index (χ4n) is 2.91. The van der Waals surface area contributed by atoms with E-state index in [0.29, 0.717) is 16.7 Å². The van der Waals surface area contributed by atoms with Gasteiger partial charge in [-0.3, -0.25) is 0 Å². The highest BCUT2D eigenvalue weighted by Gasteiger charge is 2.39. The maximum Gasteiger partial charge on any atom is 0.449 e. The molecule has 1 aromatic heterocycles.